The van der Waals surface area contributed by atoms with E-state index in [4.69, 9.17) is 5.73 Å². The lowest BCUT2D eigenvalue weighted by Crippen LogP contribution is -2.22. The van der Waals surface area contributed by atoms with Crippen molar-refractivity contribution < 1.29 is 0 Å². The van der Waals surface area contributed by atoms with Crippen molar-refractivity contribution in [1.29, 1.82) is 0 Å². The number of hydrogen-bond donors (Lipinski definition) is 2. The molecule has 0 fully saturated rings. The summed E-state index contributed by atoms with van der Waals surface area (Å²) >= 11 is 0. The number of nitrogens with two attached hydrogens (primary N) is 1. The summed E-state index contributed by atoms with van der Waals surface area (Å²) in [5, 5.41) is 2.19. The van der Waals surface area contributed by atoms with E-state index in [1.165, 1.54) is 10.9 Å². The first kappa shape index (κ1) is 10.4. The Kier molecular flexibility index (Phi) is 2.90. The quantitative estimate of drug-likeness (QED) is 0.763. The van der Waals surface area contributed by atoms with Crippen LogP contribution >= 0.6 is 9.24 Å². The van der Waals surface area contributed by atoms with Crippen molar-refractivity contribution in [1.82, 2.24) is 4.98 Å². The first-order valence-corrected chi connectivity index (χ1v) is 5.51. The van der Waals surface area contributed by atoms with Crippen LogP contribution in [0.2, 0.25) is 0 Å². The van der Waals surface area contributed by atoms with Gasteiger partial charge in [0.05, 0.1) is 0 Å². The maximum absolute atomic E-state index is 5.96. The molecule has 78 valence electrons. The zero-order valence-electron chi connectivity index (χ0n) is 8.53. The predicted octanol–water partition coefficient (Wildman–Crippen LogP) is 2.43. The van der Waals surface area contributed by atoms with Gasteiger partial charge in [0.1, 0.15) is 0 Å². The number of hydrogen-bond acceptors (Lipinski definition) is 1. The fourth-order valence-corrected chi connectivity index (χ4v) is 1.79. The molecular weight excluding hydrogens is 203 g/mol. The molecule has 1 aromatic heterocycles. The molecule has 0 aliphatic carbocycles. The first-order valence-electron chi connectivity index (χ1n) is 4.93. The monoisotopic (exact) mass is 218 g/mol. The van der Waals surface area contributed by atoms with E-state index in [0.717, 1.165) is 17.3 Å². The van der Waals surface area contributed by atoms with Crippen molar-refractivity contribution in [3.05, 3.63) is 47.9 Å². The summed E-state index contributed by atoms with van der Waals surface area (Å²) in [6.45, 7) is 3.84. The number of fused-ring (bicyclic) bond motifs is 1. The second-order valence-electron chi connectivity index (χ2n) is 3.75. The standard InChI is InChI=1S/C12H15N2P/c1-8(15)11(13)6-9-7-14-12-5-3-2-4-10(9)12/h2-5,7,11,14H,1,6,13,15H2. The van der Waals surface area contributed by atoms with Crippen molar-refractivity contribution in [2.75, 3.05) is 0 Å². The van der Waals surface area contributed by atoms with E-state index in [9.17, 15) is 0 Å². The Bertz CT molecular complexity index is 487. The largest absolute Gasteiger partial charge is 0.361 e. The smallest absolute Gasteiger partial charge is 0.0456 e. The van der Waals surface area contributed by atoms with Gasteiger partial charge in [0, 0.05) is 23.1 Å². The Hall–Kier alpha value is -1.11. The maximum Gasteiger partial charge on any atom is 0.0456 e. The van der Waals surface area contributed by atoms with E-state index in [0.29, 0.717) is 0 Å². The summed E-state index contributed by atoms with van der Waals surface area (Å²) in [6, 6.07) is 8.26. The van der Waals surface area contributed by atoms with Crippen molar-refractivity contribution in [2.45, 2.75) is 12.5 Å². The fourth-order valence-electron chi connectivity index (χ4n) is 1.67. The molecule has 0 saturated carbocycles. The molecule has 3 N–H and O–H groups in total. The van der Waals surface area contributed by atoms with Crippen LogP contribution in [-0.4, -0.2) is 11.0 Å². The maximum atomic E-state index is 5.96. The van der Waals surface area contributed by atoms with Gasteiger partial charge in [-0.1, -0.05) is 24.8 Å². The number of para-hydroxylation sites is 1. The Morgan fingerprint density at radius 1 is 1.47 bits per heavy atom. The molecule has 2 nitrogen and oxygen atoms in total. The van der Waals surface area contributed by atoms with Crippen LogP contribution in [-0.2, 0) is 6.42 Å². The first-order chi connectivity index (χ1) is 7.18. The number of rotatable bonds is 3. The molecule has 1 heterocycles. The van der Waals surface area contributed by atoms with Gasteiger partial charge in [0.25, 0.3) is 0 Å². The molecule has 0 aliphatic heterocycles. The highest BCUT2D eigenvalue weighted by molar-refractivity contribution is 7.22. The minimum absolute atomic E-state index is 0.00852. The molecule has 2 rings (SSSR count). The average Bonchev–Trinajstić information content (AvgIpc) is 2.62. The highest BCUT2D eigenvalue weighted by Crippen LogP contribution is 2.20. The van der Waals surface area contributed by atoms with Gasteiger partial charge in [-0.05, 0) is 23.4 Å². The molecule has 0 saturated heterocycles. The summed E-state index contributed by atoms with van der Waals surface area (Å²) in [4.78, 5) is 3.24. The number of benzene rings is 1. The van der Waals surface area contributed by atoms with E-state index in [1.54, 1.807) is 0 Å². The molecule has 0 radical (unpaired) electrons. The molecule has 1 aromatic carbocycles. The van der Waals surface area contributed by atoms with Gasteiger partial charge < -0.3 is 10.7 Å². The van der Waals surface area contributed by atoms with E-state index in [1.807, 2.05) is 18.3 Å². The summed E-state index contributed by atoms with van der Waals surface area (Å²) in [5.41, 5.74) is 8.38. The zero-order valence-corrected chi connectivity index (χ0v) is 9.69. The van der Waals surface area contributed by atoms with E-state index in [2.05, 4.69) is 32.9 Å². The molecule has 0 amide bonds. The Balaban J connectivity index is 2.32. The topological polar surface area (TPSA) is 41.8 Å². The van der Waals surface area contributed by atoms with Crippen molar-refractivity contribution >= 4 is 20.1 Å². The summed E-state index contributed by atoms with van der Waals surface area (Å²) in [5.74, 6) is 0. The van der Waals surface area contributed by atoms with Crippen LogP contribution in [0.25, 0.3) is 10.9 Å². The SMILES string of the molecule is C=C(P)C(N)Cc1c[nH]c2ccccc12. The molecule has 2 aromatic rings. The minimum Gasteiger partial charge on any atom is -0.361 e. The normalized spacial score (nSPS) is 12.9. The summed E-state index contributed by atoms with van der Waals surface area (Å²) in [6.07, 6.45) is 2.85. The Morgan fingerprint density at radius 2 is 2.20 bits per heavy atom. The van der Waals surface area contributed by atoms with Crippen molar-refractivity contribution in [2.24, 2.45) is 5.73 Å². The second-order valence-corrected chi connectivity index (χ2v) is 4.49. The van der Waals surface area contributed by atoms with Gasteiger partial charge in [0.2, 0.25) is 0 Å². The zero-order chi connectivity index (χ0) is 10.8. The van der Waals surface area contributed by atoms with Gasteiger partial charge in [-0.3, -0.25) is 0 Å². The lowest BCUT2D eigenvalue weighted by atomic mass is 10.1. The van der Waals surface area contributed by atoms with Crippen molar-refractivity contribution in [3.8, 4) is 0 Å². The van der Waals surface area contributed by atoms with Crippen LogP contribution in [0.5, 0.6) is 0 Å². The average molecular weight is 218 g/mol. The number of H-pyrrole nitrogens is 1. The minimum atomic E-state index is 0.00852. The van der Waals surface area contributed by atoms with Crippen LogP contribution in [0.4, 0.5) is 0 Å². The van der Waals surface area contributed by atoms with Gasteiger partial charge in [-0.25, -0.2) is 0 Å². The fraction of sp³-hybridized carbons (Fsp3) is 0.167. The Labute approximate surface area is 91.8 Å². The molecule has 15 heavy (non-hydrogen) atoms. The number of aromatic amines is 1. The molecule has 0 spiro atoms. The third-order valence-corrected chi connectivity index (χ3v) is 3.02. The van der Waals surface area contributed by atoms with Crippen LogP contribution in [0.1, 0.15) is 5.56 Å². The Morgan fingerprint density at radius 3 is 2.93 bits per heavy atom. The molecule has 2 atom stereocenters. The molecule has 0 bridgehead atoms. The highest BCUT2D eigenvalue weighted by atomic mass is 31.0. The van der Waals surface area contributed by atoms with E-state index in [-0.39, 0.29) is 6.04 Å². The van der Waals surface area contributed by atoms with Crippen molar-refractivity contribution in [3.63, 3.8) is 0 Å². The van der Waals surface area contributed by atoms with E-state index >= 15 is 0 Å². The molecule has 0 aliphatic rings. The summed E-state index contributed by atoms with van der Waals surface area (Å²) < 4.78 is 0. The number of nitrogens with one attached hydrogen (secondary N) is 1. The van der Waals surface area contributed by atoms with Gasteiger partial charge >= 0.3 is 0 Å². The molecular formula is C12H15N2P. The van der Waals surface area contributed by atoms with Gasteiger partial charge in [-0.2, -0.15) is 0 Å². The van der Waals surface area contributed by atoms with E-state index < -0.39 is 0 Å². The molecule has 2 unspecified atom stereocenters. The van der Waals surface area contributed by atoms with Crippen LogP contribution in [0, 0.1) is 0 Å². The summed E-state index contributed by atoms with van der Waals surface area (Å²) in [7, 11) is 2.57. The van der Waals surface area contributed by atoms with Gasteiger partial charge in [-0.15, -0.1) is 9.24 Å². The lowest BCUT2D eigenvalue weighted by molar-refractivity contribution is 0.805. The van der Waals surface area contributed by atoms with Crippen LogP contribution in [0.3, 0.4) is 0 Å². The second kappa shape index (κ2) is 4.18. The third-order valence-electron chi connectivity index (χ3n) is 2.59. The lowest BCUT2D eigenvalue weighted by Gasteiger charge is -2.09. The van der Waals surface area contributed by atoms with Gasteiger partial charge in [0.15, 0.2) is 0 Å². The molecule has 3 heteroatoms. The van der Waals surface area contributed by atoms with Crippen LogP contribution < -0.4 is 5.73 Å². The van der Waals surface area contributed by atoms with Crippen LogP contribution in [0.15, 0.2) is 42.4 Å². The third kappa shape index (κ3) is 2.11. The number of aromatic nitrogens is 1. The highest BCUT2D eigenvalue weighted by Gasteiger charge is 2.08. The predicted molar refractivity (Wildman–Crippen MR) is 68.8 cm³/mol.